The Kier molecular flexibility index (Phi) is 10.0. The summed E-state index contributed by atoms with van der Waals surface area (Å²) < 4.78 is 0. The Morgan fingerprint density at radius 2 is 2.04 bits per heavy atom. The summed E-state index contributed by atoms with van der Waals surface area (Å²) in [4.78, 5) is 34.3. The fourth-order valence-electron chi connectivity index (χ4n) is 3.09. The summed E-state index contributed by atoms with van der Waals surface area (Å²) in [6.45, 7) is 4.17. The summed E-state index contributed by atoms with van der Waals surface area (Å²) >= 11 is 6.01. The van der Waals surface area contributed by atoms with E-state index < -0.39 is 0 Å². The zero-order valence-corrected chi connectivity index (χ0v) is 19.9. The minimum Gasteiger partial charge on any atom is -0.347 e. The van der Waals surface area contributed by atoms with Crippen molar-refractivity contribution in [2.45, 2.75) is 19.4 Å². The summed E-state index contributed by atoms with van der Waals surface area (Å²) in [6.07, 6.45) is 0.342. The Bertz CT molecular complexity index is 713. The highest BCUT2D eigenvalue weighted by atomic mass is 127. The van der Waals surface area contributed by atoms with Crippen LogP contribution in [0.25, 0.3) is 0 Å². The predicted octanol–water partition coefficient (Wildman–Crippen LogP) is 1.70. The number of piperazine rings is 1. The van der Waals surface area contributed by atoms with E-state index in [9.17, 15) is 9.59 Å². The maximum absolute atomic E-state index is 12.7. The van der Waals surface area contributed by atoms with Crippen LogP contribution in [0.1, 0.15) is 12.5 Å². The molecule has 0 radical (unpaired) electrons. The van der Waals surface area contributed by atoms with Crippen molar-refractivity contribution >= 4 is 53.4 Å². The third-order valence-electron chi connectivity index (χ3n) is 4.60. The number of halogens is 2. The van der Waals surface area contributed by atoms with Crippen molar-refractivity contribution in [1.29, 1.82) is 0 Å². The maximum Gasteiger partial charge on any atom is 0.241 e. The molecule has 1 heterocycles. The zero-order valence-electron chi connectivity index (χ0n) is 16.8. The molecule has 2 rings (SSSR count). The SMILES string of the molecule is CN=C(NCC(=O)N(C)C)N1CCN(C(=O)Cc2cccc(Cl)c2)C(C)C1.I. The third kappa shape index (κ3) is 6.80. The smallest absolute Gasteiger partial charge is 0.241 e. The highest BCUT2D eigenvalue weighted by Crippen LogP contribution is 2.15. The molecule has 1 N–H and O–H groups in total. The minimum absolute atomic E-state index is 0. The van der Waals surface area contributed by atoms with Gasteiger partial charge in [0, 0.05) is 51.8 Å². The monoisotopic (exact) mass is 521 g/mol. The first-order chi connectivity index (χ1) is 12.8. The van der Waals surface area contributed by atoms with Gasteiger partial charge in [-0.05, 0) is 24.6 Å². The molecule has 7 nitrogen and oxygen atoms in total. The van der Waals surface area contributed by atoms with Gasteiger partial charge in [-0.15, -0.1) is 24.0 Å². The van der Waals surface area contributed by atoms with Crippen molar-refractivity contribution in [2.24, 2.45) is 4.99 Å². The number of carbonyl (C=O) groups excluding carboxylic acids is 2. The van der Waals surface area contributed by atoms with Crippen LogP contribution in [-0.2, 0) is 16.0 Å². The molecule has 1 fully saturated rings. The van der Waals surface area contributed by atoms with Gasteiger partial charge >= 0.3 is 0 Å². The molecule has 1 aromatic rings. The first-order valence-electron chi connectivity index (χ1n) is 9.01. The van der Waals surface area contributed by atoms with Gasteiger partial charge < -0.3 is 20.0 Å². The fraction of sp³-hybridized carbons (Fsp3) is 0.526. The Hall–Kier alpha value is -1.55. The first kappa shape index (κ1) is 24.5. The molecule has 0 spiro atoms. The highest BCUT2D eigenvalue weighted by Gasteiger charge is 2.29. The molecule has 0 bridgehead atoms. The second-order valence-electron chi connectivity index (χ2n) is 6.88. The van der Waals surface area contributed by atoms with Crippen LogP contribution in [0.2, 0.25) is 5.02 Å². The molecule has 1 atom stereocenters. The topological polar surface area (TPSA) is 68.2 Å². The van der Waals surface area contributed by atoms with E-state index in [0.29, 0.717) is 37.0 Å². The van der Waals surface area contributed by atoms with Crippen LogP contribution in [0.15, 0.2) is 29.3 Å². The predicted molar refractivity (Wildman–Crippen MR) is 123 cm³/mol. The number of carbonyl (C=O) groups is 2. The van der Waals surface area contributed by atoms with E-state index in [0.717, 1.165) is 5.56 Å². The van der Waals surface area contributed by atoms with Crippen molar-refractivity contribution in [3.63, 3.8) is 0 Å². The lowest BCUT2D eigenvalue weighted by molar-refractivity contribution is -0.134. The average molecular weight is 522 g/mol. The summed E-state index contributed by atoms with van der Waals surface area (Å²) in [5.41, 5.74) is 0.918. The van der Waals surface area contributed by atoms with Gasteiger partial charge in [-0.25, -0.2) is 0 Å². The summed E-state index contributed by atoms with van der Waals surface area (Å²) in [6, 6.07) is 7.45. The van der Waals surface area contributed by atoms with Crippen LogP contribution < -0.4 is 5.32 Å². The van der Waals surface area contributed by atoms with Gasteiger partial charge in [-0.1, -0.05) is 23.7 Å². The summed E-state index contributed by atoms with van der Waals surface area (Å²) in [5.74, 6) is 0.758. The number of benzene rings is 1. The van der Waals surface area contributed by atoms with Crippen LogP contribution in [0, 0.1) is 0 Å². The number of likely N-dealkylation sites (N-methyl/N-ethyl adjacent to an activating group) is 1. The van der Waals surface area contributed by atoms with Crippen molar-refractivity contribution < 1.29 is 9.59 Å². The quantitative estimate of drug-likeness (QED) is 0.372. The number of rotatable bonds is 4. The lowest BCUT2D eigenvalue weighted by Crippen LogP contribution is -2.58. The lowest BCUT2D eigenvalue weighted by Gasteiger charge is -2.41. The number of guanidine groups is 1. The molecular formula is C19H29ClIN5O2. The number of amides is 2. The molecule has 2 amide bonds. The van der Waals surface area contributed by atoms with Gasteiger partial charge in [0.15, 0.2) is 5.96 Å². The van der Waals surface area contributed by atoms with E-state index in [1.807, 2.05) is 30.0 Å². The number of hydrogen-bond donors (Lipinski definition) is 1. The summed E-state index contributed by atoms with van der Waals surface area (Å²) in [5, 5.41) is 3.74. The standard InChI is InChI=1S/C19H28ClN5O2.HI/c1-14-13-24(19(21-2)22-12-18(27)23(3)4)8-9-25(14)17(26)11-15-6-5-7-16(20)10-15;/h5-7,10,14H,8-9,11-13H2,1-4H3,(H,21,22);1H. The van der Waals surface area contributed by atoms with Crippen molar-refractivity contribution in [3.8, 4) is 0 Å². The van der Waals surface area contributed by atoms with E-state index >= 15 is 0 Å². The van der Waals surface area contributed by atoms with Crippen LogP contribution >= 0.6 is 35.6 Å². The molecule has 1 unspecified atom stereocenters. The van der Waals surface area contributed by atoms with E-state index in [-0.39, 0.29) is 48.4 Å². The van der Waals surface area contributed by atoms with Gasteiger partial charge in [-0.2, -0.15) is 0 Å². The fourth-order valence-corrected chi connectivity index (χ4v) is 3.30. The minimum atomic E-state index is -0.0143. The Balaban J connectivity index is 0.00000392. The van der Waals surface area contributed by atoms with Crippen LogP contribution in [0.3, 0.4) is 0 Å². The van der Waals surface area contributed by atoms with Gasteiger partial charge in [0.2, 0.25) is 11.8 Å². The molecule has 0 aromatic heterocycles. The van der Waals surface area contributed by atoms with Crippen LogP contribution in [0.5, 0.6) is 0 Å². The van der Waals surface area contributed by atoms with Gasteiger partial charge in [0.1, 0.15) is 0 Å². The lowest BCUT2D eigenvalue weighted by atomic mass is 10.1. The Morgan fingerprint density at radius 3 is 2.61 bits per heavy atom. The van der Waals surface area contributed by atoms with Gasteiger partial charge in [0.25, 0.3) is 0 Å². The molecule has 0 saturated carbocycles. The normalized spacial score (nSPS) is 17.0. The van der Waals surface area contributed by atoms with Crippen molar-refractivity contribution in [1.82, 2.24) is 20.0 Å². The number of aliphatic imine (C=N–C) groups is 1. The van der Waals surface area contributed by atoms with Crippen LogP contribution in [-0.4, -0.2) is 85.8 Å². The Morgan fingerprint density at radius 1 is 1.32 bits per heavy atom. The molecule has 28 heavy (non-hydrogen) atoms. The van der Waals surface area contributed by atoms with Crippen molar-refractivity contribution in [2.75, 3.05) is 47.3 Å². The second-order valence-corrected chi connectivity index (χ2v) is 7.31. The average Bonchev–Trinajstić information content (AvgIpc) is 2.61. The van der Waals surface area contributed by atoms with E-state index in [1.54, 1.807) is 27.2 Å². The molecule has 1 aliphatic rings. The second kappa shape index (κ2) is 11.5. The summed E-state index contributed by atoms with van der Waals surface area (Å²) in [7, 11) is 5.14. The van der Waals surface area contributed by atoms with E-state index in [4.69, 9.17) is 11.6 Å². The molecule has 1 saturated heterocycles. The van der Waals surface area contributed by atoms with Crippen LogP contribution in [0.4, 0.5) is 0 Å². The number of hydrogen-bond acceptors (Lipinski definition) is 3. The molecule has 0 aliphatic carbocycles. The molecule has 1 aliphatic heterocycles. The largest absolute Gasteiger partial charge is 0.347 e. The third-order valence-corrected chi connectivity index (χ3v) is 4.84. The molecular weight excluding hydrogens is 493 g/mol. The molecule has 9 heteroatoms. The zero-order chi connectivity index (χ0) is 20.0. The first-order valence-corrected chi connectivity index (χ1v) is 9.39. The Labute approximate surface area is 189 Å². The van der Waals surface area contributed by atoms with Gasteiger partial charge in [-0.3, -0.25) is 14.6 Å². The molecule has 1 aromatic carbocycles. The highest BCUT2D eigenvalue weighted by molar-refractivity contribution is 14.0. The van der Waals surface area contributed by atoms with E-state index in [2.05, 4.69) is 15.2 Å². The maximum atomic E-state index is 12.7. The number of nitrogens with one attached hydrogen (secondary N) is 1. The van der Waals surface area contributed by atoms with Crippen molar-refractivity contribution in [3.05, 3.63) is 34.9 Å². The molecule has 156 valence electrons. The van der Waals surface area contributed by atoms with E-state index in [1.165, 1.54) is 4.90 Å². The van der Waals surface area contributed by atoms with Gasteiger partial charge in [0.05, 0.1) is 13.0 Å². The number of nitrogens with zero attached hydrogens (tertiary/aromatic N) is 4.